The SMILES string of the molecule is CC(C)(C)c1cccc(C(C)(C)C)c1.[Cl-].[Cl-].[Mg+2]. The molecule has 0 saturated carbocycles. The fourth-order valence-corrected chi connectivity index (χ4v) is 1.45. The van der Waals surface area contributed by atoms with Gasteiger partial charge in [-0.2, -0.15) is 0 Å². The van der Waals surface area contributed by atoms with E-state index in [2.05, 4.69) is 65.8 Å². The summed E-state index contributed by atoms with van der Waals surface area (Å²) in [6, 6.07) is 8.94. The van der Waals surface area contributed by atoms with E-state index >= 15 is 0 Å². The smallest absolute Gasteiger partial charge is 1.00 e. The Labute approximate surface area is 135 Å². The molecule has 0 amide bonds. The van der Waals surface area contributed by atoms with Crippen LogP contribution in [0.15, 0.2) is 24.3 Å². The van der Waals surface area contributed by atoms with Gasteiger partial charge in [0.15, 0.2) is 0 Å². The van der Waals surface area contributed by atoms with E-state index in [1.165, 1.54) is 11.1 Å². The van der Waals surface area contributed by atoms with Gasteiger partial charge in [-0.05, 0) is 22.0 Å². The molecule has 0 nitrogen and oxygen atoms in total. The molecular formula is C14H22Cl2Mg. The van der Waals surface area contributed by atoms with Crippen LogP contribution in [0.1, 0.15) is 52.7 Å². The maximum Gasteiger partial charge on any atom is 2.00 e. The number of benzene rings is 1. The number of hydrogen-bond acceptors (Lipinski definition) is 0. The van der Waals surface area contributed by atoms with Crippen molar-refractivity contribution in [2.24, 2.45) is 0 Å². The third-order valence-corrected chi connectivity index (χ3v) is 2.59. The molecule has 94 valence electrons. The number of hydrogen-bond donors (Lipinski definition) is 0. The van der Waals surface area contributed by atoms with Crippen molar-refractivity contribution in [1.29, 1.82) is 0 Å². The van der Waals surface area contributed by atoms with Crippen molar-refractivity contribution < 1.29 is 24.8 Å². The first-order valence-electron chi connectivity index (χ1n) is 5.32. The molecule has 0 unspecified atom stereocenters. The molecule has 0 aromatic heterocycles. The van der Waals surface area contributed by atoms with E-state index in [0.717, 1.165) is 0 Å². The minimum absolute atomic E-state index is 0. The van der Waals surface area contributed by atoms with Crippen LogP contribution in [-0.4, -0.2) is 23.1 Å². The summed E-state index contributed by atoms with van der Waals surface area (Å²) in [5.74, 6) is 0. The Morgan fingerprint density at radius 3 is 1.24 bits per heavy atom. The van der Waals surface area contributed by atoms with Crippen molar-refractivity contribution in [3.63, 3.8) is 0 Å². The quantitative estimate of drug-likeness (QED) is 0.480. The first-order valence-corrected chi connectivity index (χ1v) is 5.32. The zero-order valence-corrected chi connectivity index (χ0v) is 14.7. The monoisotopic (exact) mass is 284 g/mol. The molecule has 0 spiro atoms. The first kappa shape index (κ1) is 22.7. The molecule has 0 heterocycles. The fourth-order valence-electron chi connectivity index (χ4n) is 1.45. The zero-order valence-electron chi connectivity index (χ0n) is 11.8. The van der Waals surface area contributed by atoms with Gasteiger partial charge in [-0.1, -0.05) is 65.8 Å². The molecule has 0 aliphatic rings. The van der Waals surface area contributed by atoms with E-state index < -0.39 is 0 Å². The van der Waals surface area contributed by atoms with E-state index in [1.807, 2.05) is 0 Å². The summed E-state index contributed by atoms with van der Waals surface area (Å²) >= 11 is 0. The van der Waals surface area contributed by atoms with Gasteiger partial charge in [-0.15, -0.1) is 0 Å². The summed E-state index contributed by atoms with van der Waals surface area (Å²) in [4.78, 5) is 0. The van der Waals surface area contributed by atoms with Crippen LogP contribution in [0.3, 0.4) is 0 Å². The molecule has 17 heavy (non-hydrogen) atoms. The molecule has 0 N–H and O–H groups in total. The maximum absolute atomic E-state index is 2.33. The van der Waals surface area contributed by atoms with E-state index in [1.54, 1.807) is 0 Å². The van der Waals surface area contributed by atoms with Crippen molar-refractivity contribution in [2.75, 3.05) is 0 Å². The molecule has 0 aliphatic carbocycles. The summed E-state index contributed by atoms with van der Waals surface area (Å²) < 4.78 is 0. The molecule has 0 saturated heterocycles. The van der Waals surface area contributed by atoms with Gasteiger partial charge >= 0.3 is 23.1 Å². The zero-order chi connectivity index (χ0) is 11.0. The summed E-state index contributed by atoms with van der Waals surface area (Å²) in [5, 5.41) is 0. The Hall–Kier alpha value is 0.566. The second kappa shape index (κ2) is 7.88. The summed E-state index contributed by atoms with van der Waals surface area (Å²) in [5.41, 5.74) is 3.34. The van der Waals surface area contributed by atoms with Crippen molar-refractivity contribution >= 4 is 23.1 Å². The van der Waals surface area contributed by atoms with Gasteiger partial charge in [-0.25, -0.2) is 0 Å². The second-order valence-electron chi connectivity index (χ2n) is 6.08. The first-order chi connectivity index (χ1) is 6.21. The van der Waals surface area contributed by atoms with Crippen LogP contribution in [0.2, 0.25) is 0 Å². The molecule has 1 aromatic rings. The van der Waals surface area contributed by atoms with Crippen LogP contribution in [0.4, 0.5) is 0 Å². The molecule has 0 radical (unpaired) electrons. The second-order valence-corrected chi connectivity index (χ2v) is 6.08. The fraction of sp³-hybridized carbons (Fsp3) is 0.571. The van der Waals surface area contributed by atoms with Gasteiger partial charge in [0.25, 0.3) is 0 Å². The van der Waals surface area contributed by atoms with E-state index in [0.29, 0.717) is 0 Å². The molecule has 3 heteroatoms. The van der Waals surface area contributed by atoms with Gasteiger partial charge < -0.3 is 24.8 Å². The van der Waals surface area contributed by atoms with Crippen LogP contribution >= 0.6 is 0 Å². The third-order valence-electron chi connectivity index (χ3n) is 2.59. The molecular weight excluding hydrogens is 263 g/mol. The van der Waals surface area contributed by atoms with E-state index in [-0.39, 0.29) is 58.7 Å². The Bertz CT molecular complexity index is 292. The van der Waals surface area contributed by atoms with Gasteiger partial charge in [0.1, 0.15) is 0 Å². The number of halogens is 2. The maximum atomic E-state index is 2.33. The predicted octanol–water partition coefficient (Wildman–Crippen LogP) is -2.09. The third kappa shape index (κ3) is 6.90. The average Bonchev–Trinajstić information content (AvgIpc) is 2.01. The molecule has 0 bridgehead atoms. The molecule has 0 fully saturated rings. The van der Waals surface area contributed by atoms with Gasteiger partial charge in [-0.3, -0.25) is 0 Å². The predicted molar refractivity (Wildman–Crippen MR) is 69.6 cm³/mol. The summed E-state index contributed by atoms with van der Waals surface area (Å²) in [6.45, 7) is 13.6. The molecule has 0 atom stereocenters. The van der Waals surface area contributed by atoms with Gasteiger partial charge in [0.05, 0.1) is 0 Å². The van der Waals surface area contributed by atoms with Crippen molar-refractivity contribution in [3.05, 3.63) is 35.4 Å². The summed E-state index contributed by atoms with van der Waals surface area (Å²) in [7, 11) is 0. The van der Waals surface area contributed by atoms with Crippen LogP contribution in [-0.2, 0) is 10.8 Å². The largest absolute Gasteiger partial charge is 2.00 e. The summed E-state index contributed by atoms with van der Waals surface area (Å²) in [6.07, 6.45) is 0. The number of rotatable bonds is 0. The van der Waals surface area contributed by atoms with Crippen molar-refractivity contribution in [2.45, 2.75) is 52.4 Å². The normalized spacial score (nSPS) is 10.7. The molecule has 1 aromatic carbocycles. The van der Waals surface area contributed by atoms with Crippen molar-refractivity contribution in [1.82, 2.24) is 0 Å². The molecule has 1 rings (SSSR count). The van der Waals surface area contributed by atoms with Crippen LogP contribution in [0, 0.1) is 0 Å². The van der Waals surface area contributed by atoms with Crippen molar-refractivity contribution in [3.8, 4) is 0 Å². The Morgan fingerprint density at radius 1 is 0.706 bits per heavy atom. The Kier molecular flexibility index (Phi) is 10.5. The average molecular weight is 286 g/mol. The Balaban J connectivity index is -0.000000653. The minimum atomic E-state index is 0. The van der Waals surface area contributed by atoms with E-state index in [9.17, 15) is 0 Å². The molecule has 0 aliphatic heterocycles. The van der Waals surface area contributed by atoms with Gasteiger partial charge in [0, 0.05) is 0 Å². The van der Waals surface area contributed by atoms with Crippen LogP contribution in [0.5, 0.6) is 0 Å². The topological polar surface area (TPSA) is 0 Å². The Morgan fingerprint density at radius 2 is 1.00 bits per heavy atom. The van der Waals surface area contributed by atoms with E-state index in [4.69, 9.17) is 0 Å². The van der Waals surface area contributed by atoms with Crippen LogP contribution in [0.25, 0.3) is 0 Å². The van der Waals surface area contributed by atoms with Gasteiger partial charge in [0.2, 0.25) is 0 Å². The standard InChI is InChI=1S/C14H22.2ClH.Mg/c1-13(2,3)11-8-7-9-12(10-11)14(4,5)6;;;/h7-10H,1-6H3;2*1H;/q;;;+2/p-2. The van der Waals surface area contributed by atoms with Crippen LogP contribution < -0.4 is 24.8 Å². The minimum Gasteiger partial charge on any atom is -1.00 e.